The SMILES string of the molecule is CC(=O)Nc1cccc(CC(=O)NCC2CCN(Cc3cccc(Cl)c3Cl)C2)c1. The molecule has 1 aliphatic heterocycles. The van der Waals surface area contributed by atoms with Gasteiger partial charge in [-0.05, 0) is 48.2 Å². The van der Waals surface area contributed by atoms with Gasteiger partial charge in [-0.15, -0.1) is 0 Å². The molecule has 0 saturated carbocycles. The summed E-state index contributed by atoms with van der Waals surface area (Å²) in [6.07, 6.45) is 1.33. The standard InChI is InChI=1S/C22H25Cl2N3O2/c1-15(28)26-19-6-2-4-16(10-19)11-21(29)25-12-17-8-9-27(13-17)14-18-5-3-7-20(23)22(18)24/h2-7,10,17H,8-9,11-14H2,1H3,(H,25,29)(H,26,28). The Kier molecular flexibility index (Phi) is 7.53. The van der Waals surface area contributed by atoms with E-state index in [1.807, 2.05) is 36.4 Å². The Hall–Kier alpha value is -2.08. The lowest BCUT2D eigenvalue weighted by atomic mass is 10.1. The number of carbonyl (C=O) groups is 2. The van der Waals surface area contributed by atoms with E-state index in [0.29, 0.717) is 34.6 Å². The first-order chi connectivity index (χ1) is 13.9. The van der Waals surface area contributed by atoms with Gasteiger partial charge in [-0.2, -0.15) is 0 Å². The highest BCUT2D eigenvalue weighted by Gasteiger charge is 2.23. The quantitative estimate of drug-likeness (QED) is 0.689. The summed E-state index contributed by atoms with van der Waals surface area (Å²) in [4.78, 5) is 25.8. The van der Waals surface area contributed by atoms with Crippen molar-refractivity contribution in [1.82, 2.24) is 10.2 Å². The molecule has 29 heavy (non-hydrogen) atoms. The second-order valence-corrected chi connectivity index (χ2v) is 8.25. The fourth-order valence-corrected chi connectivity index (χ4v) is 3.98. The minimum atomic E-state index is -0.128. The molecule has 1 fully saturated rings. The first kappa shape index (κ1) is 21.6. The van der Waals surface area contributed by atoms with E-state index in [0.717, 1.165) is 37.2 Å². The number of carbonyl (C=O) groups excluding carboxylic acids is 2. The number of likely N-dealkylation sites (tertiary alicyclic amines) is 1. The largest absolute Gasteiger partial charge is 0.355 e. The molecule has 2 aromatic rings. The summed E-state index contributed by atoms with van der Waals surface area (Å²) in [5.41, 5.74) is 2.61. The van der Waals surface area contributed by atoms with Crippen LogP contribution in [0.25, 0.3) is 0 Å². The van der Waals surface area contributed by atoms with Crippen LogP contribution in [0.4, 0.5) is 5.69 Å². The van der Waals surface area contributed by atoms with E-state index in [4.69, 9.17) is 23.2 Å². The Morgan fingerprint density at radius 3 is 2.76 bits per heavy atom. The van der Waals surface area contributed by atoms with Crippen LogP contribution in [0.5, 0.6) is 0 Å². The lowest BCUT2D eigenvalue weighted by Gasteiger charge is -2.17. The van der Waals surface area contributed by atoms with Crippen LogP contribution in [0.3, 0.4) is 0 Å². The van der Waals surface area contributed by atoms with Crippen molar-refractivity contribution >= 4 is 40.7 Å². The first-order valence-corrected chi connectivity index (χ1v) is 10.4. The van der Waals surface area contributed by atoms with Gasteiger partial charge in [0.15, 0.2) is 0 Å². The molecule has 2 aromatic carbocycles. The summed E-state index contributed by atoms with van der Waals surface area (Å²) < 4.78 is 0. The van der Waals surface area contributed by atoms with Crippen LogP contribution >= 0.6 is 23.2 Å². The highest BCUT2D eigenvalue weighted by molar-refractivity contribution is 6.42. The smallest absolute Gasteiger partial charge is 0.224 e. The topological polar surface area (TPSA) is 61.4 Å². The Balaban J connectivity index is 1.44. The Labute approximate surface area is 181 Å². The number of nitrogens with zero attached hydrogens (tertiary/aromatic N) is 1. The van der Waals surface area contributed by atoms with Crippen molar-refractivity contribution in [2.24, 2.45) is 5.92 Å². The molecule has 154 valence electrons. The van der Waals surface area contributed by atoms with E-state index in [-0.39, 0.29) is 11.8 Å². The van der Waals surface area contributed by atoms with E-state index in [2.05, 4.69) is 15.5 Å². The molecule has 0 spiro atoms. The first-order valence-electron chi connectivity index (χ1n) is 9.69. The van der Waals surface area contributed by atoms with Crippen LogP contribution in [0.1, 0.15) is 24.5 Å². The average molecular weight is 434 g/mol. The van der Waals surface area contributed by atoms with E-state index in [1.165, 1.54) is 6.92 Å². The zero-order valence-corrected chi connectivity index (χ0v) is 17.9. The van der Waals surface area contributed by atoms with Crippen LogP contribution < -0.4 is 10.6 Å². The zero-order chi connectivity index (χ0) is 20.8. The third-order valence-electron chi connectivity index (χ3n) is 5.00. The summed E-state index contributed by atoms with van der Waals surface area (Å²) >= 11 is 12.4. The molecule has 2 amide bonds. The van der Waals surface area contributed by atoms with Crippen molar-refractivity contribution in [2.45, 2.75) is 26.3 Å². The fourth-order valence-electron chi connectivity index (χ4n) is 3.60. The fraction of sp³-hybridized carbons (Fsp3) is 0.364. The second-order valence-electron chi connectivity index (χ2n) is 7.47. The molecule has 1 saturated heterocycles. The van der Waals surface area contributed by atoms with E-state index >= 15 is 0 Å². The number of hydrogen-bond acceptors (Lipinski definition) is 3. The van der Waals surface area contributed by atoms with E-state index < -0.39 is 0 Å². The van der Waals surface area contributed by atoms with E-state index in [9.17, 15) is 9.59 Å². The molecule has 1 unspecified atom stereocenters. The molecule has 7 heteroatoms. The van der Waals surface area contributed by atoms with Crippen LogP contribution in [0.15, 0.2) is 42.5 Å². The number of hydrogen-bond donors (Lipinski definition) is 2. The van der Waals surface area contributed by atoms with Crippen molar-refractivity contribution < 1.29 is 9.59 Å². The molecule has 1 aliphatic rings. The van der Waals surface area contributed by atoms with Crippen LogP contribution in [0.2, 0.25) is 10.0 Å². The molecule has 0 aliphatic carbocycles. The normalized spacial score (nSPS) is 16.6. The molecule has 3 rings (SSSR count). The van der Waals surface area contributed by atoms with Crippen LogP contribution in [0, 0.1) is 5.92 Å². The maximum absolute atomic E-state index is 12.3. The molecule has 5 nitrogen and oxygen atoms in total. The van der Waals surface area contributed by atoms with Gasteiger partial charge >= 0.3 is 0 Å². The Morgan fingerprint density at radius 2 is 1.97 bits per heavy atom. The van der Waals surface area contributed by atoms with Gasteiger partial charge in [0, 0.05) is 32.2 Å². The summed E-state index contributed by atoms with van der Waals surface area (Å²) in [6, 6.07) is 13.1. The maximum Gasteiger partial charge on any atom is 0.224 e. The number of halogens is 2. The third kappa shape index (κ3) is 6.46. The van der Waals surface area contributed by atoms with Gasteiger partial charge in [-0.3, -0.25) is 14.5 Å². The van der Waals surface area contributed by atoms with Crippen molar-refractivity contribution in [3.63, 3.8) is 0 Å². The molecule has 2 N–H and O–H groups in total. The molecule has 1 atom stereocenters. The molecular formula is C22H25Cl2N3O2. The van der Waals surface area contributed by atoms with Crippen molar-refractivity contribution in [2.75, 3.05) is 25.0 Å². The molecule has 1 heterocycles. The Morgan fingerprint density at radius 1 is 1.17 bits per heavy atom. The number of benzene rings is 2. The minimum Gasteiger partial charge on any atom is -0.355 e. The monoisotopic (exact) mass is 433 g/mol. The number of nitrogens with one attached hydrogen (secondary N) is 2. The van der Waals surface area contributed by atoms with Crippen LogP contribution in [-0.2, 0) is 22.6 Å². The second kappa shape index (κ2) is 10.1. The van der Waals surface area contributed by atoms with Crippen molar-refractivity contribution in [1.29, 1.82) is 0 Å². The van der Waals surface area contributed by atoms with Crippen molar-refractivity contribution in [3.8, 4) is 0 Å². The predicted octanol–water partition coefficient (Wildman–Crippen LogP) is 4.13. The summed E-state index contributed by atoms with van der Waals surface area (Å²) in [5.74, 6) is 0.278. The molecule has 0 bridgehead atoms. The summed E-state index contributed by atoms with van der Waals surface area (Å²) in [6.45, 7) is 4.78. The lowest BCUT2D eigenvalue weighted by molar-refractivity contribution is -0.120. The number of amides is 2. The summed E-state index contributed by atoms with van der Waals surface area (Å²) in [5, 5.41) is 6.97. The molecule has 0 radical (unpaired) electrons. The number of rotatable bonds is 7. The third-order valence-corrected chi connectivity index (χ3v) is 5.85. The van der Waals surface area contributed by atoms with Gasteiger partial charge in [0.05, 0.1) is 16.5 Å². The van der Waals surface area contributed by atoms with Gasteiger partial charge in [-0.1, -0.05) is 47.5 Å². The maximum atomic E-state index is 12.3. The van der Waals surface area contributed by atoms with Gasteiger partial charge in [0.2, 0.25) is 11.8 Å². The highest BCUT2D eigenvalue weighted by atomic mass is 35.5. The summed E-state index contributed by atoms with van der Waals surface area (Å²) in [7, 11) is 0. The van der Waals surface area contributed by atoms with Gasteiger partial charge in [0.1, 0.15) is 0 Å². The highest BCUT2D eigenvalue weighted by Crippen LogP contribution is 2.28. The van der Waals surface area contributed by atoms with Crippen molar-refractivity contribution in [3.05, 3.63) is 63.6 Å². The van der Waals surface area contributed by atoms with Gasteiger partial charge < -0.3 is 10.6 Å². The molecule has 0 aromatic heterocycles. The van der Waals surface area contributed by atoms with Gasteiger partial charge in [0.25, 0.3) is 0 Å². The lowest BCUT2D eigenvalue weighted by Crippen LogP contribution is -2.32. The van der Waals surface area contributed by atoms with Crippen LogP contribution in [-0.4, -0.2) is 36.3 Å². The zero-order valence-electron chi connectivity index (χ0n) is 16.4. The predicted molar refractivity (Wildman–Crippen MR) is 117 cm³/mol. The van der Waals surface area contributed by atoms with Gasteiger partial charge in [-0.25, -0.2) is 0 Å². The Bertz CT molecular complexity index is 888. The molecular weight excluding hydrogens is 409 g/mol. The average Bonchev–Trinajstić information content (AvgIpc) is 3.11. The number of anilines is 1. The minimum absolute atomic E-state index is 0.0127. The van der Waals surface area contributed by atoms with E-state index in [1.54, 1.807) is 6.07 Å².